The number of imidazole rings is 1. The maximum Gasteiger partial charge on any atom is 0.224 e. The van der Waals surface area contributed by atoms with Crippen molar-refractivity contribution in [1.82, 2.24) is 19.9 Å². The zero-order valence-electron chi connectivity index (χ0n) is 10.4. The molecule has 0 saturated carbocycles. The Labute approximate surface area is 110 Å². The Morgan fingerprint density at radius 1 is 1.47 bits per heavy atom. The van der Waals surface area contributed by atoms with Crippen LogP contribution < -0.4 is 10.6 Å². The first kappa shape index (κ1) is 12.2. The Hall–Kier alpha value is -1.90. The van der Waals surface area contributed by atoms with Gasteiger partial charge in [0.1, 0.15) is 5.52 Å². The van der Waals surface area contributed by atoms with Crippen LogP contribution in [0.5, 0.6) is 0 Å². The number of rotatable bonds is 1. The highest BCUT2D eigenvalue weighted by Crippen LogP contribution is 2.26. The second-order valence-corrected chi connectivity index (χ2v) is 6.89. The van der Waals surface area contributed by atoms with Crippen molar-refractivity contribution in [2.24, 2.45) is 0 Å². The molecular weight excluding hydrogens is 268 g/mol. The summed E-state index contributed by atoms with van der Waals surface area (Å²) in [5.74, 6) is 0.987. The number of nitrogens with one attached hydrogen (secondary N) is 1. The molecule has 2 aromatic rings. The van der Waals surface area contributed by atoms with Crippen molar-refractivity contribution in [1.29, 1.82) is 0 Å². The van der Waals surface area contributed by atoms with Gasteiger partial charge in [0.05, 0.1) is 17.8 Å². The van der Waals surface area contributed by atoms with Gasteiger partial charge < -0.3 is 15.6 Å². The summed E-state index contributed by atoms with van der Waals surface area (Å²) in [6, 6.07) is -0.153. The van der Waals surface area contributed by atoms with Crippen molar-refractivity contribution < 1.29 is 8.42 Å². The van der Waals surface area contributed by atoms with Gasteiger partial charge in [-0.25, -0.2) is 13.4 Å². The minimum atomic E-state index is -2.97. The summed E-state index contributed by atoms with van der Waals surface area (Å²) in [6.45, 7) is 2.26. The molecule has 1 aliphatic rings. The van der Waals surface area contributed by atoms with Crippen LogP contribution in [0.4, 0.5) is 11.8 Å². The highest BCUT2D eigenvalue weighted by molar-refractivity contribution is 7.91. The first-order valence-corrected chi connectivity index (χ1v) is 7.72. The fourth-order valence-corrected chi connectivity index (χ4v) is 3.91. The molecular formula is C10H14N6O2S. The molecule has 2 aromatic heterocycles. The average Bonchev–Trinajstić information content (AvgIpc) is 2.74. The van der Waals surface area contributed by atoms with Crippen molar-refractivity contribution >= 4 is 32.8 Å². The number of H-pyrrole nitrogens is 1. The van der Waals surface area contributed by atoms with Gasteiger partial charge in [0, 0.05) is 12.6 Å². The summed E-state index contributed by atoms with van der Waals surface area (Å²) in [6.07, 6.45) is 1.52. The summed E-state index contributed by atoms with van der Waals surface area (Å²) >= 11 is 0. The zero-order valence-corrected chi connectivity index (χ0v) is 11.2. The molecule has 3 rings (SSSR count). The summed E-state index contributed by atoms with van der Waals surface area (Å²) < 4.78 is 23.2. The molecule has 0 amide bonds. The topological polar surface area (TPSA) is 118 Å². The van der Waals surface area contributed by atoms with E-state index in [0.29, 0.717) is 23.5 Å². The van der Waals surface area contributed by atoms with Gasteiger partial charge in [0.25, 0.3) is 0 Å². The van der Waals surface area contributed by atoms with E-state index in [4.69, 9.17) is 5.73 Å². The van der Waals surface area contributed by atoms with Crippen LogP contribution in [0.2, 0.25) is 0 Å². The van der Waals surface area contributed by atoms with Crippen molar-refractivity contribution in [3.05, 3.63) is 6.33 Å². The van der Waals surface area contributed by atoms with E-state index in [1.807, 2.05) is 11.8 Å². The van der Waals surface area contributed by atoms with E-state index < -0.39 is 9.84 Å². The van der Waals surface area contributed by atoms with E-state index >= 15 is 0 Å². The second-order valence-electron chi connectivity index (χ2n) is 4.66. The Kier molecular flexibility index (Phi) is 2.59. The van der Waals surface area contributed by atoms with E-state index in [2.05, 4.69) is 19.9 Å². The Morgan fingerprint density at radius 2 is 2.26 bits per heavy atom. The number of hydrogen-bond donors (Lipinski definition) is 2. The maximum atomic E-state index is 11.6. The van der Waals surface area contributed by atoms with Crippen molar-refractivity contribution in [2.45, 2.75) is 13.0 Å². The summed E-state index contributed by atoms with van der Waals surface area (Å²) in [4.78, 5) is 17.2. The number of nitrogens with two attached hydrogens (primary N) is 1. The molecule has 0 spiro atoms. The van der Waals surface area contributed by atoms with Crippen LogP contribution in [-0.4, -0.2) is 52.4 Å². The third-order valence-electron chi connectivity index (χ3n) is 3.23. The minimum absolute atomic E-state index is 0.118. The number of fused-ring (bicyclic) bond motifs is 1. The number of hydrogen-bond acceptors (Lipinski definition) is 7. The molecule has 102 valence electrons. The molecule has 3 N–H and O–H groups in total. The summed E-state index contributed by atoms with van der Waals surface area (Å²) in [7, 11) is -2.97. The molecule has 1 unspecified atom stereocenters. The SMILES string of the molecule is CC1CS(=O)(=O)CCN1c1nc(N)nc2nc[nH]c12. The fourth-order valence-electron chi connectivity index (χ4n) is 2.36. The molecule has 1 fully saturated rings. The monoisotopic (exact) mass is 282 g/mol. The number of sulfone groups is 1. The van der Waals surface area contributed by atoms with Gasteiger partial charge in [-0.1, -0.05) is 0 Å². The quantitative estimate of drug-likeness (QED) is 0.727. The van der Waals surface area contributed by atoms with Crippen LogP contribution in [0, 0.1) is 0 Å². The van der Waals surface area contributed by atoms with Gasteiger partial charge >= 0.3 is 0 Å². The Balaban J connectivity index is 2.07. The Bertz CT molecular complexity index is 725. The molecule has 0 radical (unpaired) electrons. The van der Waals surface area contributed by atoms with Crippen molar-refractivity contribution in [3.63, 3.8) is 0 Å². The summed E-state index contributed by atoms with van der Waals surface area (Å²) in [5, 5.41) is 0. The van der Waals surface area contributed by atoms with Crippen molar-refractivity contribution in [3.8, 4) is 0 Å². The fraction of sp³-hybridized carbons (Fsp3) is 0.500. The highest BCUT2D eigenvalue weighted by Gasteiger charge is 2.30. The van der Waals surface area contributed by atoms with Crippen LogP contribution in [0.3, 0.4) is 0 Å². The lowest BCUT2D eigenvalue weighted by Gasteiger charge is -2.34. The predicted octanol–water partition coefficient (Wildman–Crippen LogP) is -0.442. The molecule has 3 heterocycles. The van der Waals surface area contributed by atoms with Gasteiger partial charge in [-0.15, -0.1) is 0 Å². The molecule has 0 aliphatic carbocycles. The van der Waals surface area contributed by atoms with Gasteiger partial charge in [-0.3, -0.25) is 0 Å². The minimum Gasteiger partial charge on any atom is -0.368 e. The van der Waals surface area contributed by atoms with Gasteiger partial charge in [-0.05, 0) is 6.92 Å². The van der Waals surface area contributed by atoms with Gasteiger partial charge in [0.2, 0.25) is 5.95 Å². The smallest absolute Gasteiger partial charge is 0.224 e. The number of anilines is 2. The lowest BCUT2D eigenvalue weighted by Crippen LogP contribution is -2.47. The van der Waals surface area contributed by atoms with Gasteiger partial charge in [0.15, 0.2) is 21.3 Å². The molecule has 0 bridgehead atoms. The number of aromatic nitrogens is 4. The maximum absolute atomic E-state index is 11.6. The third-order valence-corrected chi connectivity index (χ3v) is 5.02. The number of aromatic amines is 1. The van der Waals surface area contributed by atoms with Gasteiger partial charge in [-0.2, -0.15) is 9.97 Å². The summed E-state index contributed by atoms with van der Waals surface area (Å²) in [5.41, 5.74) is 6.84. The molecule has 0 aromatic carbocycles. The van der Waals surface area contributed by atoms with E-state index in [0.717, 1.165) is 0 Å². The van der Waals surface area contributed by atoms with Crippen molar-refractivity contribution in [2.75, 3.05) is 28.7 Å². The zero-order chi connectivity index (χ0) is 13.6. The second kappa shape index (κ2) is 4.05. The lowest BCUT2D eigenvalue weighted by molar-refractivity contribution is 0.567. The average molecular weight is 282 g/mol. The molecule has 19 heavy (non-hydrogen) atoms. The van der Waals surface area contributed by atoms with E-state index in [1.165, 1.54) is 6.33 Å². The molecule has 9 heteroatoms. The molecule has 1 saturated heterocycles. The normalized spacial score (nSPS) is 22.8. The largest absolute Gasteiger partial charge is 0.368 e. The van der Waals surface area contributed by atoms with Crippen LogP contribution in [-0.2, 0) is 9.84 Å². The van der Waals surface area contributed by atoms with E-state index in [-0.39, 0.29) is 23.5 Å². The van der Waals surface area contributed by atoms with E-state index in [1.54, 1.807) is 0 Å². The standard InChI is InChI=1S/C10H14N6O2S/c1-6-4-19(17,18)3-2-16(6)9-7-8(13-5-12-7)14-10(11)15-9/h5-6H,2-4H2,1H3,(H3,11,12,13,14,15). The van der Waals surface area contributed by atoms with E-state index in [9.17, 15) is 8.42 Å². The van der Waals surface area contributed by atoms with Crippen LogP contribution in [0.25, 0.3) is 11.2 Å². The van der Waals surface area contributed by atoms with Crippen LogP contribution in [0.15, 0.2) is 6.33 Å². The van der Waals surface area contributed by atoms with Crippen LogP contribution in [0.1, 0.15) is 6.92 Å². The number of nitrogens with zero attached hydrogens (tertiary/aromatic N) is 4. The third kappa shape index (κ3) is 2.09. The number of nitrogen functional groups attached to an aromatic ring is 1. The lowest BCUT2D eigenvalue weighted by atomic mass is 10.3. The molecule has 1 atom stereocenters. The van der Waals surface area contributed by atoms with Crippen LogP contribution >= 0.6 is 0 Å². The highest BCUT2D eigenvalue weighted by atomic mass is 32.2. The predicted molar refractivity (Wildman–Crippen MR) is 71.6 cm³/mol. The first-order chi connectivity index (χ1) is 8.96. The molecule has 8 nitrogen and oxygen atoms in total. The molecule has 1 aliphatic heterocycles. The first-order valence-electron chi connectivity index (χ1n) is 5.90. The Morgan fingerprint density at radius 3 is 3.00 bits per heavy atom.